The van der Waals surface area contributed by atoms with Crippen LogP contribution in [0.5, 0.6) is 0 Å². The van der Waals surface area contributed by atoms with Crippen LogP contribution in [0.15, 0.2) is 24.3 Å². The molecule has 134 valence electrons. The number of H-pyrrole nitrogens is 1. The first-order valence-corrected chi connectivity index (χ1v) is 8.03. The van der Waals surface area contributed by atoms with Crippen LogP contribution in [0.25, 0.3) is 0 Å². The maximum absolute atomic E-state index is 12.5. The van der Waals surface area contributed by atoms with Crippen LogP contribution < -0.4 is 16.0 Å². The minimum absolute atomic E-state index is 0. The number of benzene rings is 1. The SMILES string of the molecule is CC(C)C(=O)Nc1cccc(NC(=O)c2n[nH]c3c2CNCC3)c1.Cl. The fraction of sp³-hybridized carbons (Fsp3) is 0.353. The van der Waals surface area contributed by atoms with E-state index in [-0.39, 0.29) is 30.1 Å². The Morgan fingerprint density at radius 3 is 2.64 bits per heavy atom. The van der Waals surface area contributed by atoms with Gasteiger partial charge in [-0.1, -0.05) is 19.9 Å². The lowest BCUT2D eigenvalue weighted by atomic mass is 10.1. The van der Waals surface area contributed by atoms with Gasteiger partial charge in [0.05, 0.1) is 0 Å². The molecular formula is C17H22ClN5O2. The van der Waals surface area contributed by atoms with Gasteiger partial charge in [0.2, 0.25) is 5.91 Å². The van der Waals surface area contributed by atoms with Gasteiger partial charge in [-0.3, -0.25) is 14.7 Å². The zero-order chi connectivity index (χ0) is 17.1. The molecule has 2 amide bonds. The zero-order valence-electron chi connectivity index (χ0n) is 14.2. The minimum Gasteiger partial charge on any atom is -0.326 e. The van der Waals surface area contributed by atoms with E-state index in [0.29, 0.717) is 23.6 Å². The molecule has 4 N–H and O–H groups in total. The summed E-state index contributed by atoms with van der Waals surface area (Å²) in [5, 5.41) is 16.0. The third-order valence-electron chi connectivity index (χ3n) is 3.93. The van der Waals surface area contributed by atoms with Gasteiger partial charge in [-0.2, -0.15) is 5.10 Å². The molecule has 0 atom stereocenters. The molecular weight excluding hydrogens is 342 g/mol. The van der Waals surface area contributed by atoms with Gasteiger partial charge >= 0.3 is 0 Å². The quantitative estimate of drug-likeness (QED) is 0.670. The van der Waals surface area contributed by atoms with Crippen LogP contribution >= 0.6 is 12.4 Å². The summed E-state index contributed by atoms with van der Waals surface area (Å²) in [4.78, 5) is 24.3. The Bertz CT molecular complexity index is 772. The predicted molar refractivity (Wildman–Crippen MR) is 99.1 cm³/mol. The third kappa shape index (κ3) is 4.37. The summed E-state index contributed by atoms with van der Waals surface area (Å²) in [6.07, 6.45) is 0.840. The van der Waals surface area contributed by atoms with Crippen LogP contribution in [0.3, 0.4) is 0 Å². The van der Waals surface area contributed by atoms with Crippen molar-refractivity contribution in [3.63, 3.8) is 0 Å². The second-order valence-electron chi connectivity index (χ2n) is 6.13. The Morgan fingerprint density at radius 2 is 1.92 bits per heavy atom. The predicted octanol–water partition coefficient (Wildman–Crippen LogP) is 2.32. The number of aromatic amines is 1. The number of amides is 2. The Hall–Kier alpha value is -2.38. The number of nitrogens with one attached hydrogen (secondary N) is 4. The topological polar surface area (TPSA) is 98.9 Å². The van der Waals surface area contributed by atoms with Crippen molar-refractivity contribution in [3.8, 4) is 0 Å². The molecule has 1 aromatic carbocycles. The fourth-order valence-electron chi connectivity index (χ4n) is 2.56. The van der Waals surface area contributed by atoms with Crippen LogP contribution in [0.1, 0.15) is 35.6 Å². The number of aromatic nitrogens is 2. The summed E-state index contributed by atoms with van der Waals surface area (Å²) in [6.45, 7) is 5.18. The van der Waals surface area contributed by atoms with Crippen LogP contribution in [0.2, 0.25) is 0 Å². The van der Waals surface area contributed by atoms with Crippen molar-refractivity contribution in [2.75, 3.05) is 17.2 Å². The Labute approximate surface area is 152 Å². The van der Waals surface area contributed by atoms with Crippen LogP contribution in [0, 0.1) is 5.92 Å². The molecule has 0 saturated heterocycles. The molecule has 0 saturated carbocycles. The van der Waals surface area contributed by atoms with E-state index < -0.39 is 0 Å². The van der Waals surface area contributed by atoms with Crippen molar-refractivity contribution >= 4 is 35.6 Å². The first kappa shape index (κ1) is 19.0. The smallest absolute Gasteiger partial charge is 0.276 e. The Balaban J connectivity index is 0.00000225. The summed E-state index contributed by atoms with van der Waals surface area (Å²) in [5.41, 5.74) is 3.60. The molecule has 25 heavy (non-hydrogen) atoms. The highest BCUT2D eigenvalue weighted by molar-refractivity contribution is 6.04. The van der Waals surface area contributed by atoms with E-state index in [1.165, 1.54) is 0 Å². The molecule has 1 aliphatic rings. The molecule has 7 nitrogen and oxygen atoms in total. The highest BCUT2D eigenvalue weighted by atomic mass is 35.5. The van der Waals surface area contributed by atoms with E-state index >= 15 is 0 Å². The highest BCUT2D eigenvalue weighted by Gasteiger charge is 2.21. The average Bonchev–Trinajstić information content (AvgIpc) is 2.99. The van der Waals surface area contributed by atoms with Gasteiger partial charge in [-0.05, 0) is 18.2 Å². The number of carbonyl (C=O) groups is 2. The van der Waals surface area contributed by atoms with Crippen molar-refractivity contribution in [3.05, 3.63) is 41.2 Å². The number of hydrogen-bond acceptors (Lipinski definition) is 4. The lowest BCUT2D eigenvalue weighted by molar-refractivity contribution is -0.118. The maximum Gasteiger partial charge on any atom is 0.276 e. The number of anilines is 2. The molecule has 0 bridgehead atoms. The van der Waals surface area contributed by atoms with Gasteiger partial charge in [0.15, 0.2) is 5.69 Å². The molecule has 0 aliphatic carbocycles. The summed E-state index contributed by atoms with van der Waals surface area (Å²) >= 11 is 0. The van der Waals surface area contributed by atoms with Crippen LogP contribution in [-0.2, 0) is 17.8 Å². The maximum atomic E-state index is 12.5. The summed E-state index contributed by atoms with van der Waals surface area (Å²) in [5.74, 6) is -0.430. The van der Waals surface area contributed by atoms with Crippen molar-refractivity contribution in [1.82, 2.24) is 15.5 Å². The molecule has 1 aromatic heterocycles. The number of fused-ring (bicyclic) bond motifs is 1. The highest BCUT2D eigenvalue weighted by Crippen LogP contribution is 2.19. The minimum atomic E-state index is -0.261. The Kier molecular flexibility index (Phi) is 6.17. The second kappa shape index (κ2) is 8.13. The molecule has 0 spiro atoms. The third-order valence-corrected chi connectivity index (χ3v) is 3.93. The van der Waals surface area contributed by atoms with Crippen molar-refractivity contribution in [1.29, 1.82) is 0 Å². The fourth-order valence-corrected chi connectivity index (χ4v) is 2.56. The van der Waals surface area contributed by atoms with E-state index in [0.717, 1.165) is 24.2 Å². The van der Waals surface area contributed by atoms with Crippen molar-refractivity contribution in [2.45, 2.75) is 26.8 Å². The normalized spacial score (nSPS) is 12.9. The van der Waals surface area contributed by atoms with E-state index in [1.807, 2.05) is 13.8 Å². The molecule has 2 aromatic rings. The van der Waals surface area contributed by atoms with Crippen molar-refractivity contribution < 1.29 is 9.59 Å². The number of halogens is 1. The largest absolute Gasteiger partial charge is 0.326 e. The molecule has 3 rings (SSSR count). The first-order chi connectivity index (χ1) is 11.5. The van der Waals surface area contributed by atoms with Crippen LogP contribution in [-0.4, -0.2) is 28.6 Å². The number of nitrogens with zero attached hydrogens (tertiary/aromatic N) is 1. The molecule has 1 aliphatic heterocycles. The standard InChI is InChI=1S/C17H21N5O2.ClH/c1-10(2)16(23)19-11-4-3-5-12(8-11)20-17(24)15-13-9-18-7-6-14(13)21-22-15;/h3-5,8,10,18H,6-7,9H2,1-2H3,(H,19,23)(H,20,24)(H,21,22);1H. The van der Waals surface area contributed by atoms with Crippen LogP contribution in [0.4, 0.5) is 11.4 Å². The first-order valence-electron chi connectivity index (χ1n) is 8.03. The van der Waals surface area contributed by atoms with E-state index in [4.69, 9.17) is 0 Å². The molecule has 0 fully saturated rings. The summed E-state index contributed by atoms with van der Waals surface area (Å²) in [6, 6.07) is 7.08. The number of carbonyl (C=O) groups excluding carboxylic acids is 2. The molecule has 0 unspecified atom stereocenters. The van der Waals surface area contributed by atoms with Gasteiger partial charge < -0.3 is 16.0 Å². The number of rotatable bonds is 4. The van der Waals surface area contributed by atoms with Gasteiger partial charge in [0.25, 0.3) is 5.91 Å². The van der Waals surface area contributed by atoms with E-state index in [9.17, 15) is 9.59 Å². The number of hydrogen-bond donors (Lipinski definition) is 4. The van der Waals surface area contributed by atoms with Gasteiger partial charge in [0.1, 0.15) is 0 Å². The van der Waals surface area contributed by atoms with Gasteiger partial charge in [-0.15, -0.1) is 12.4 Å². The lowest BCUT2D eigenvalue weighted by Crippen LogP contribution is -2.25. The zero-order valence-corrected chi connectivity index (χ0v) is 15.0. The Morgan fingerprint density at radius 1 is 1.20 bits per heavy atom. The van der Waals surface area contributed by atoms with E-state index in [2.05, 4.69) is 26.1 Å². The average molecular weight is 364 g/mol. The monoisotopic (exact) mass is 363 g/mol. The summed E-state index contributed by atoms with van der Waals surface area (Å²) in [7, 11) is 0. The van der Waals surface area contributed by atoms with Crippen molar-refractivity contribution in [2.24, 2.45) is 5.92 Å². The lowest BCUT2D eigenvalue weighted by Gasteiger charge is -2.13. The van der Waals surface area contributed by atoms with E-state index in [1.54, 1.807) is 24.3 Å². The second-order valence-corrected chi connectivity index (χ2v) is 6.13. The summed E-state index contributed by atoms with van der Waals surface area (Å²) < 4.78 is 0. The molecule has 8 heteroatoms. The van der Waals surface area contributed by atoms with Gasteiger partial charge in [0, 0.05) is 48.1 Å². The molecule has 2 heterocycles. The molecule has 0 radical (unpaired) electrons. The van der Waals surface area contributed by atoms with Gasteiger partial charge in [-0.25, -0.2) is 0 Å².